The Kier molecular flexibility index (Phi) is 6.65. The number of sulfonamides is 1. The van der Waals surface area contributed by atoms with Crippen LogP contribution < -0.4 is 0 Å². The Morgan fingerprint density at radius 2 is 2.00 bits per heavy atom. The quantitative estimate of drug-likeness (QED) is 0.643. The molecule has 0 aliphatic carbocycles. The average molecular weight is 440 g/mol. The van der Waals surface area contributed by atoms with Gasteiger partial charge in [0.25, 0.3) is 0 Å². The number of amides is 1. The number of furan rings is 1. The van der Waals surface area contributed by atoms with Gasteiger partial charge in [0.15, 0.2) is 0 Å². The lowest BCUT2D eigenvalue weighted by molar-refractivity contribution is -0.139. The van der Waals surface area contributed by atoms with Gasteiger partial charge in [0, 0.05) is 31.2 Å². The number of hydrogen-bond acceptors (Lipinski definition) is 5. The molecule has 9 heteroatoms. The largest absolute Gasteiger partial charge is 0.464 e. The number of hydrogen-bond donors (Lipinski definition) is 0. The third-order valence-corrected chi connectivity index (χ3v) is 7.52. The van der Waals surface area contributed by atoms with Crippen molar-refractivity contribution in [1.29, 1.82) is 0 Å². The average Bonchev–Trinajstić information content (AvgIpc) is 3.10. The normalized spacial score (nSPS) is 16.3. The van der Waals surface area contributed by atoms with E-state index in [0.717, 1.165) is 11.5 Å². The van der Waals surface area contributed by atoms with E-state index in [2.05, 4.69) is 4.98 Å². The van der Waals surface area contributed by atoms with Crippen LogP contribution in [0.15, 0.2) is 39.8 Å². The molecular formula is C20H26ClN3O4S. The minimum atomic E-state index is -3.73. The first-order chi connectivity index (χ1) is 13.7. The van der Waals surface area contributed by atoms with Gasteiger partial charge in [0.05, 0.1) is 6.54 Å². The van der Waals surface area contributed by atoms with Gasteiger partial charge in [-0.2, -0.15) is 4.31 Å². The molecule has 158 valence electrons. The highest BCUT2D eigenvalue weighted by Gasteiger charge is 2.35. The van der Waals surface area contributed by atoms with Crippen LogP contribution in [0.3, 0.4) is 0 Å². The fourth-order valence-corrected chi connectivity index (χ4v) is 5.43. The predicted molar refractivity (Wildman–Crippen MR) is 110 cm³/mol. The Bertz CT molecular complexity index is 966. The Labute approximate surface area is 176 Å². The summed E-state index contributed by atoms with van der Waals surface area (Å²) in [6.07, 6.45) is 2.39. The molecule has 1 amide bonds. The molecule has 3 rings (SSSR count). The highest BCUT2D eigenvalue weighted by atomic mass is 35.5. The lowest BCUT2D eigenvalue weighted by Crippen LogP contribution is -2.46. The Morgan fingerprint density at radius 1 is 1.31 bits per heavy atom. The molecule has 1 aliphatic rings. The van der Waals surface area contributed by atoms with Crippen molar-refractivity contribution in [2.45, 2.75) is 51.1 Å². The van der Waals surface area contributed by atoms with E-state index >= 15 is 0 Å². The molecule has 0 N–H and O–H groups in total. The number of carbonyl (C=O) groups excluding carboxylic acids is 1. The fourth-order valence-electron chi connectivity index (χ4n) is 3.53. The molecule has 1 saturated heterocycles. The summed E-state index contributed by atoms with van der Waals surface area (Å²) in [5.74, 6) is 1.37. The summed E-state index contributed by atoms with van der Waals surface area (Å²) >= 11 is 5.98. The molecule has 29 heavy (non-hydrogen) atoms. The smallest absolute Gasteiger partial charge is 0.246 e. The third kappa shape index (κ3) is 4.82. The van der Waals surface area contributed by atoms with Crippen molar-refractivity contribution in [3.8, 4) is 0 Å². The van der Waals surface area contributed by atoms with Gasteiger partial charge < -0.3 is 9.32 Å². The van der Waals surface area contributed by atoms with Gasteiger partial charge in [0.1, 0.15) is 21.6 Å². The van der Waals surface area contributed by atoms with Gasteiger partial charge in [-0.15, -0.1) is 0 Å². The van der Waals surface area contributed by atoms with Crippen molar-refractivity contribution in [3.05, 3.63) is 47.1 Å². The zero-order chi connectivity index (χ0) is 21.2. The molecule has 2 aromatic heterocycles. The Balaban J connectivity index is 1.67. The zero-order valence-electron chi connectivity index (χ0n) is 16.8. The minimum absolute atomic E-state index is 0.00318. The zero-order valence-corrected chi connectivity index (χ0v) is 18.4. The minimum Gasteiger partial charge on any atom is -0.464 e. The molecule has 1 aliphatic heterocycles. The van der Waals surface area contributed by atoms with Crippen molar-refractivity contribution in [2.24, 2.45) is 5.92 Å². The van der Waals surface area contributed by atoms with Gasteiger partial charge in [-0.05, 0) is 57.9 Å². The van der Waals surface area contributed by atoms with E-state index in [4.69, 9.17) is 16.0 Å². The second kappa shape index (κ2) is 8.85. The van der Waals surface area contributed by atoms with Crippen molar-refractivity contribution in [2.75, 3.05) is 13.1 Å². The van der Waals surface area contributed by atoms with Crippen molar-refractivity contribution < 1.29 is 17.6 Å². The maximum atomic E-state index is 13.1. The molecule has 7 nitrogen and oxygen atoms in total. The van der Waals surface area contributed by atoms with Crippen LogP contribution >= 0.6 is 11.6 Å². The molecular weight excluding hydrogens is 414 g/mol. The molecule has 3 heterocycles. The molecule has 0 spiro atoms. The lowest BCUT2D eigenvalue weighted by Gasteiger charge is -2.35. The summed E-state index contributed by atoms with van der Waals surface area (Å²) < 4.78 is 32.7. The molecule has 0 radical (unpaired) electrons. The molecule has 0 aromatic carbocycles. The van der Waals surface area contributed by atoms with E-state index in [0.29, 0.717) is 19.4 Å². The number of nitrogens with zero attached hydrogens (tertiary/aromatic N) is 3. The molecule has 0 atom stereocenters. The number of piperidine rings is 1. The van der Waals surface area contributed by atoms with Crippen LogP contribution in [-0.2, 0) is 21.4 Å². The lowest BCUT2D eigenvalue weighted by atomic mass is 9.96. The van der Waals surface area contributed by atoms with Crippen LogP contribution in [0.2, 0.25) is 5.15 Å². The van der Waals surface area contributed by atoms with E-state index in [9.17, 15) is 13.2 Å². The summed E-state index contributed by atoms with van der Waals surface area (Å²) in [4.78, 5) is 18.8. The van der Waals surface area contributed by atoms with Crippen LogP contribution in [0.25, 0.3) is 0 Å². The first-order valence-electron chi connectivity index (χ1n) is 9.66. The number of aryl methyl sites for hydroxylation is 1. The molecule has 0 unspecified atom stereocenters. The predicted octanol–water partition coefficient (Wildman–Crippen LogP) is 3.47. The van der Waals surface area contributed by atoms with Crippen LogP contribution in [0.4, 0.5) is 0 Å². The number of pyridine rings is 1. The summed E-state index contributed by atoms with van der Waals surface area (Å²) in [5, 5.41) is -0.0366. The number of aromatic nitrogens is 1. The Morgan fingerprint density at radius 3 is 2.55 bits per heavy atom. The van der Waals surface area contributed by atoms with Gasteiger partial charge in [-0.3, -0.25) is 4.79 Å². The molecule has 2 aromatic rings. The second-order valence-electron chi connectivity index (χ2n) is 7.54. The standard InChI is InChI=1S/C20H26ClN3O4S/c1-14(2)24(13-17-7-6-15(3)28-17)20(25)16-8-11-23(12-9-16)29(26,27)18-5-4-10-22-19(18)21/h4-7,10,14,16H,8-9,11-13H2,1-3H3. The van der Waals surface area contributed by atoms with Crippen LogP contribution in [0.1, 0.15) is 38.2 Å². The van der Waals surface area contributed by atoms with E-state index in [1.165, 1.54) is 16.6 Å². The summed E-state index contributed by atoms with van der Waals surface area (Å²) in [6.45, 7) is 6.77. The van der Waals surface area contributed by atoms with E-state index < -0.39 is 10.0 Å². The highest BCUT2D eigenvalue weighted by molar-refractivity contribution is 7.89. The van der Waals surface area contributed by atoms with Crippen LogP contribution in [0.5, 0.6) is 0 Å². The summed E-state index contributed by atoms with van der Waals surface area (Å²) in [7, 11) is -3.73. The summed E-state index contributed by atoms with van der Waals surface area (Å²) in [5.41, 5.74) is 0. The van der Waals surface area contributed by atoms with Gasteiger partial charge in [-0.25, -0.2) is 13.4 Å². The maximum Gasteiger partial charge on any atom is 0.246 e. The number of rotatable bonds is 6. The van der Waals surface area contributed by atoms with Crippen LogP contribution in [-0.4, -0.2) is 47.6 Å². The highest BCUT2D eigenvalue weighted by Crippen LogP contribution is 2.28. The van der Waals surface area contributed by atoms with Crippen molar-refractivity contribution in [3.63, 3.8) is 0 Å². The van der Waals surface area contributed by atoms with Crippen LogP contribution in [0, 0.1) is 12.8 Å². The van der Waals surface area contributed by atoms with E-state index in [1.54, 1.807) is 11.0 Å². The van der Waals surface area contributed by atoms with Gasteiger partial charge in [0.2, 0.25) is 15.9 Å². The van der Waals surface area contributed by atoms with Crippen molar-refractivity contribution in [1.82, 2.24) is 14.2 Å². The number of carbonyl (C=O) groups is 1. The molecule has 0 saturated carbocycles. The maximum absolute atomic E-state index is 13.1. The molecule has 1 fully saturated rings. The van der Waals surface area contributed by atoms with E-state index in [-0.39, 0.29) is 41.0 Å². The Hall–Kier alpha value is -1.90. The monoisotopic (exact) mass is 439 g/mol. The second-order valence-corrected chi connectivity index (χ2v) is 9.81. The first-order valence-corrected chi connectivity index (χ1v) is 11.5. The van der Waals surface area contributed by atoms with Gasteiger partial charge in [-0.1, -0.05) is 11.6 Å². The van der Waals surface area contributed by atoms with E-state index in [1.807, 2.05) is 32.9 Å². The number of halogens is 1. The third-order valence-electron chi connectivity index (χ3n) is 5.17. The topological polar surface area (TPSA) is 83.7 Å². The first kappa shape index (κ1) is 21.8. The van der Waals surface area contributed by atoms with Crippen molar-refractivity contribution >= 4 is 27.5 Å². The molecule has 0 bridgehead atoms. The van der Waals surface area contributed by atoms with Gasteiger partial charge >= 0.3 is 0 Å². The SMILES string of the molecule is Cc1ccc(CN(C(=O)C2CCN(S(=O)(=O)c3cccnc3Cl)CC2)C(C)C)o1. The fraction of sp³-hybridized carbons (Fsp3) is 0.500. The summed E-state index contributed by atoms with van der Waals surface area (Å²) in [6, 6.07) is 6.78.